The van der Waals surface area contributed by atoms with E-state index in [2.05, 4.69) is 33.0 Å². The van der Waals surface area contributed by atoms with Crippen molar-refractivity contribution >= 4 is 5.91 Å². The van der Waals surface area contributed by atoms with Crippen molar-refractivity contribution in [2.75, 3.05) is 0 Å². The van der Waals surface area contributed by atoms with Gasteiger partial charge in [-0.15, -0.1) is 10.2 Å². The number of carbonyl (C=O) groups is 1. The second-order valence-electron chi connectivity index (χ2n) is 8.82. The number of aliphatic hydroxyl groups excluding tert-OH is 1. The van der Waals surface area contributed by atoms with Gasteiger partial charge in [0.15, 0.2) is 6.10 Å². The van der Waals surface area contributed by atoms with E-state index in [-0.39, 0.29) is 29.2 Å². The number of aliphatic hydroxyl groups is 1. The van der Waals surface area contributed by atoms with Gasteiger partial charge in [-0.1, -0.05) is 58.9 Å². The largest absolute Gasteiger partial charge is 0.422 e. The predicted octanol–water partition coefficient (Wildman–Crippen LogP) is 2.26. The summed E-state index contributed by atoms with van der Waals surface area (Å²) in [5.74, 6) is 0.439. The number of fused-ring (bicyclic) bond motifs is 1. The van der Waals surface area contributed by atoms with Crippen molar-refractivity contribution in [2.45, 2.75) is 71.2 Å². The van der Waals surface area contributed by atoms with Gasteiger partial charge >= 0.3 is 0 Å². The fourth-order valence-corrected chi connectivity index (χ4v) is 3.33. The van der Waals surface area contributed by atoms with Gasteiger partial charge in [-0.25, -0.2) is 0 Å². The molecule has 1 aromatic heterocycles. The summed E-state index contributed by atoms with van der Waals surface area (Å²) in [6.07, 6.45) is -0.444. The van der Waals surface area contributed by atoms with Gasteiger partial charge in [-0.2, -0.15) is 0 Å². The van der Waals surface area contributed by atoms with Gasteiger partial charge in [-0.05, 0) is 23.5 Å². The first-order chi connectivity index (χ1) is 13.2. The zero-order chi connectivity index (χ0) is 20.5. The lowest BCUT2D eigenvalue weighted by Crippen LogP contribution is -2.53. The molecule has 3 atom stereocenters. The van der Waals surface area contributed by atoms with Crippen LogP contribution in [-0.4, -0.2) is 33.3 Å². The number of benzene rings is 1. The van der Waals surface area contributed by atoms with E-state index in [0.29, 0.717) is 18.9 Å². The molecule has 0 spiro atoms. The van der Waals surface area contributed by atoms with Crippen molar-refractivity contribution in [3.05, 3.63) is 47.2 Å². The Bertz CT molecular complexity index is 825. The summed E-state index contributed by atoms with van der Waals surface area (Å²) in [7, 11) is 0. The van der Waals surface area contributed by atoms with Crippen LogP contribution in [0, 0.1) is 5.92 Å². The highest BCUT2D eigenvalue weighted by atomic mass is 16.4. The Hall–Kier alpha value is -2.25. The lowest BCUT2D eigenvalue weighted by molar-refractivity contribution is -0.125. The topological polar surface area (TPSA) is 100 Å². The first-order valence-corrected chi connectivity index (χ1v) is 9.79. The van der Waals surface area contributed by atoms with Crippen molar-refractivity contribution in [2.24, 2.45) is 5.92 Å². The van der Waals surface area contributed by atoms with Crippen LogP contribution in [0.5, 0.6) is 0 Å². The molecule has 1 aliphatic rings. The maximum atomic E-state index is 12.9. The molecule has 1 unspecified atom stereocenters. The first kappa shape index (κ1) is 20.5. The molecule has 1 aliphatic heterocycles. The van der Waals surface area contributed by atoms with Crippen LogP contribution in [0.15, 0.2) is 28.7 Å². The standard InChI is InChI=1S/C21H30N4O3/c1-12(2)16(17(26)19-24-25-20(28-19)21(3,4)5)23-18(27)15-10-13-8-6-7-9-14(13)11-22-15/h6-9,12,15-17,22,26H,10-11H2,1-5H3,(H,23,27)/t15-,16-,17?/m0/s1. The molecular formula is C21H30N4O3. The summed E-state index contributed by atoms with van der Waals surface area (Å²) in [6, 6.07) is 7.25. The predicted molar refractivity (Wildman–Crippen MR) is 106 cm³/mol. The van der Waals surface area contributed by atoms with Gasteiger partial charge in [0.1, 0.15) is 0 Å². The van der Waals surface area contributed by atoms with Crippen molar-refractivity contribution in [1.29, 1.82) is 0 Å². The number of hydrogen-bond donors (Lipinski definition) is 3. The molecular weight excluding hydrogens is 356 g/mol. The first-order valence-electron chi connectivity index (χ1n) is 9.79. The fourth-order valence-electron chi connectivity index (χ4n) is 3.33. The Balaban J connectivity index is 1.71. The molecule has 3 N–H and O–H groups in total. The molecule has 1 amide bonds. The van der Waals surface area contributed by atoms with Gasteiger partial charge in [-0.3, -0.25) is 4.79 Å². The van der Waals surface area contributed by atoms with E-state index in [9.17, 15) is 9.90 Å². The van der Waals surface area contributed by atoms with Gasteiger partial charge < -0.3 is 20.2 Å². The second kappa shape index (κ2) is 8.01. The summed E-state index contributed by atoms with van der Waals surface area (Å²) >= 11 is 0. The number of hydrogen-bond acceptors (Lipinski definition) is 6. The Morgan fingerprint density at radius 3 is 2.54 bits per heavy atom. The summed E-state index contributed by atoms with van der Waals surface area (Å²) < 4.78 is 5.68. The number of amides is 1. The van der Waals surface area contributed by atoms with Crippen LogP contribution in [0.4, 0.5) is 0 Å². The van der Waals surface area contributed by atoms with Crippen LogP contribution in [0.25, 0.3) is 0 Å². The molecule has 152 valence electrons. The minimum Gasteiger partial charge on any atom is -0.422 e. The molecule has 1 aromatic carbocycles. The number of aromatic nitrogens is 2. The van der Waals surface area contributed by atoms with Crippen LogP contribution >= 0.6 is 0 Å². The molecule has 2 aromatic rings. The molecule has 7 heteroatoms. The zero-order valence-electron chi connectivity index (χ0n) is 17.2. The third-order valence-corrected chi connectivity index (χ3v) is 5.10. The Morgan fingerprint density at radius 2 is 1.93 bits per heavy atom. The Labute approximate surface area is 165 Å². The van der Waals surface area contributed by atoms with Crippen molar-refractivity contribution in [3.63, 3.8) is 0 Å². The molecule has 0 bridgehead atoms. The monoisotopic (exact) mass is 386 g/mol. The number of rotatable bonds is 5. The molecule has 3 rings (SSSR count). The second-order valence-corrected chi connectivity index (χ2v) is 8.82. The highest BCUT2D eigenvalue weighted by Crippen LogP contribution is 2.26. The zero-order valence-corrected chi connectivity index (χ0v) is 17.2. The van der Waals surface area contributed by atoms with Crippen LogP contribution in [-0.2, 0) is 23.2 Å². The van der Waals surface area contributed by atoms with E-state index in [4.69, 9.17) is 4.42 Å². The van der Waals surface area contributed by atoms with E-state index in [1.54, 1.807) is 0 Å². The number of carbonyl (C=O) groups excluding carboxylic acids is 1. The molecule has 28 heavy (non-hydrogen) atoms. The van der Waals surface area contributed by atoms with Gasteiger partial charge in [0.05, 0.1) is 12.1 Å². The maximum absolute atomic E-state index is 12.9. The molecule has 0 aliphatic carbocycles. The van der Waals surface area contributed by atoms with Crippen molar-refractivity contribution < 1.29 is 14.3 Å². The quantitative estimate of drug-likeness (QED) is 0.729. The van der Waals surface area contributed by atoms with Crippen LogP contribution < -0.4 is 10.6 Å². The average molecular weight is 386 g/mol. The number of nitrogens with one attached hydrogen (secondary N) is 2. The van der Waals surface area contributed by atoms with E-state index in [1.807, 2.05) is 46.8 Å². The van der Waals surface area contributed by atoms with Crippen LogP contribution in [0.3, 0.4) is 0 Å². The third kappa shape index (κ3) is 4.42. The summed E-state index contributed by atoms with van der Waals surface area (Å²) in [5.41, 5.74) is 2.09. The van der Waals surface area contributed by atoms with Crippen LogP contribution in [0.1, 0.15) is 63.6 Å². The highest BCUT2D eigenvalue weighted by Gasteiger charge is 2.34. The minimum absolute atomic E-state index is 0.0141. The van der Waals surface area contributed by atoms with Crippen LogP contribution in [0.2, 0.25) is 0 Å². The normalized spacial score (nSPS) is 19.2. The van der Waals surface area contributed by atoms with Gasteiger partial charge in [0.25, 0.3) is 0 Å². The van der Waals surface area contributed by atoms with Crippen molar-refractivity contribution in [3.8, 4) is 0 Å². The summed E-state index contributed by atoms with van der Waals surface area (Å²) in [6.45, 7) is 10.4. The van der Waals surface area contributed by atoms with E-state index in [0.717, 1.165) is 0 Å². The Morgan fingerprint density at radius 1 is 1.25 bits per heavy atom. The lowest BCUT2D eigenvalue weighted by Gasteiger charge is -2.30. The fraction of sp³-hybridized carbons (Fsp3) is 0.571. The average Bonchev–Trinajstić information content (AvgIpc) is 3.15. The SMILES string of the molecule is CC(C)[C@H](NC(=O)[C@@H]1Cc2ccccc2CN1)C(O)c1nnc(C(C)(C)C)o1. The summed E-state index contributed by atoms with van der Waals surface area (Å²) in [4.78, 5) is 12.9. The molecule has 0 saturated heterocycles. The molecule has 7 nitrogen and oxygen atoms in total. The van der Waals surface area contributed by atoms with Crippen molar-refractivity contribution in [1.82, 2.24) is 20.8 Å². The maximum Gasteiger partial charge on any atom is 0.247 e. The third-order valence-electron chi connectivity index (χ3n) is 5.10. The molecule has 0 saturated carbocycles. The minimum atomic E-state index is -1.07. The van der Waals surface area contributed by atoms with Gasteiger partial charge in [0.2, 0.25) is 17.7 Å². The molecule has 0 fully saturated rings. The lowest BCUT2D eigenvalue weighted by atomic mass is 9.94. The molecule has 0 radical (unpaired) electrons. The highest BCUT2D eigenvalue weighted by molar-refractivity contribution is 5.82. The van der Waals surface area contributed by atoms with E-state index in [1.165, 1.54) is 11.1 Å². The summed E-state index contributed by atoms with van der Waals surface area (Å²) in [5, 5.41) is 25.1. The number of nitrogens with zero attached hydrogens (tertiary/aromatic N) is 2. The Kier molecular flexibility index (Phi) is 5.86. The van der Waals surface area contributed by atoms with Gasteiger partial charge in [0, 0.05) is 12.0 Å². The smallest absolute Gasteiger partial charge is 0.247 e. The van der Waals surface area contributed by atoms with E-state index >= 15 is 0 Å². The molecule has 2 heterocycles. The van der Waals surface area contributed by atoms with E-state index < -0.39 is 12.1 Å².